The highest BCUT2D eigenvalue weighted by Crippen LogP contribution is 2.25. The molecule has 1 heterocycles. The number of methoxy groups -OCH3 is 2. The summed E-state index contributed by atoms with van der Waals surface area (Å²) in [5.41, 5.74) is -0.817. The maximum absolute atomic E-state index is 12.9. The summed E-state index contributed by atoms with van der Waals surface area (Å²) in [6, 6.07) is -1.91. The smallest absolute Gasteiger partial charge is 0.331 e. The van der Waals surface area contributed by atoms with Gasteiger partial charge < -0.3 is 19.1 Å². The standard InChI is InChI=1S/C17H26N2O8/c1-9(11(14(22)25-6)15(23)26-7)12(20)19-10(8-18(5)16(19)24)13(21)27-17(2,3)4/h9-11H,8H2,1-7H3/t9-,10+/m1/s1. The van der Waals surface area contributed by atoms with Gasteiger partial charge in [-0.3, -0.25) is 14.4 Å². The fourth-order valence-corrected chi connectivity index (χ4v) is 2.65. The summed E-state index contributed by atoms with van der Waals surface area (Å²) in [4.78, 5) is 63.6. The van der Waals surface area contributed by atoms with Gasteiger partial charge in [0.05, 0.1) is 26.7 Å². The monoisotopic (exact) mass is 386 g/mol. The van der Waals surface area contributed by atoms with Crippen LogP contribution in [0.5, 0.6) is 0 Å². The van der Waals surface area contributed by atoms with E-state index in [0.29, 0.717) is 0 Å². The average molecular weight is 386 g/mol. The van der Waals surface area contributed by atoms with Gasteiger partial charge in [-0.1, -0.05) is 6.92 Å². The van der Waals surface area contributed by atoms with Crippen LogP contribution in [0, 0.1) is 11.8 Å². The van der Waals surface area contributed by atoms with Crippen LogP contribution in [-0.4, -0.2) is 79.1 Å². The van der Waals surface area contributed by atoms with Crippen molar-refractivity contribution < 1.29 is 38.2 Å². The molecule has 0 aromatic rings. The number of hydrogen-bond acceptors (Lipinski definition) is 8. The molecule has 1 saturated heterocycles. The largest absolute Gasteiger partial charge is 0.468 e. The van der Waals surface area contributed by atoms with Crippen LogP contribution in [0.3, 0.4) is 0 Å². The molecule has 0 spiro atoms. The third-order valence-electron chi connectivity index (χ3n) is 4.01. The zero-order valence-electron chi connectivity index (χ0n) is 16.6. The van der Waals surface area contributed by atoms with Gasteiger partial charge in [0.2, 0.25) is 5.91 Å². The minimum Gasteiger partial charge on any atom is -0.468 e. The molecule has 0 aliphatic carbocycles. The van der Waals surface area contributed by atoms with Crippen molar-refractivity contribution in [1.29, 1.82) is 0 Å². The lowest BCUT2D eigenvalue weighted by atomic mass is 9.92. The maximum Gasteiger partial charge on any atom is 0.331 e. The van der Waals surface area contributed by atoms with Crippen molar-refractivity contribution in [3.8, 4) is 0 Å². The van der Waals surface area contributed by atoms with Crippen LogP contribution >= 0.6 is 0 Å². The second-order valence-corrected chi connectivity index (χ2v) is 7.23. The van der Waals surface area contributed by atoms with E-state index in [9.17, 15) is 24.0 Å². The van der Waals surface area contributed by atoms with E-state index in [4.69, 9.17) is 4.74 Å². The van der Waals surface area contributed by atoms with E-state index in [1.54, 1.807) is 20.8 Å². The number of esters is 3. The van der Waals surface area contributed by atoms with E-state index in [1.165, 1.54) is 18.9 Å². The summed E-state index contributed by atoms with van der Waals surface area (Å²) in [5.74, 6) is -6.43. The summed E-state index contributed by atoms with van der Waals surface area (Å²) < 4.78 is 14.4. The van der Waals surface area contributed by atoms with Crippen molar-refractivity contribution in [1.82, 2.24) is 9.80 Å². The first-order chi connectivity index (χ1) is 12.4. The normalized spacial score (nSPS) is 18.4. The Balaban J connectivity index is 3.18. The molecule has 10 nitrogen and oxygen atoms in total. The average Bonchev–Trinajstić information content (AvgIpc) is 2.87. The predicted octanol–water partition coefficient (Wildman–Crippen LogP) is 0.189. The lowest BCUT2D eigenvalue weighted by Gasteiger charge is -2.28. The molecule has 0 saturated carbocycles. The second-order valence-electron chi connectivity index (χ2n) is 7.23. The van der Waals surface area contributed by atoms with Crippen LogP contribution in [-0.2, 0) is 33.4 Å². The van der Waals surface area contributed by atoms with Crippen molar-refractivity contribution in [3.63, 3.8) is 0 Å². The fraction of sp³-hybridized carbons (Fsp3) is 0.706. The molecule has 2 atom stereocenters. The number of amides is 3. The van der Waals surface area contributed by atoms with Gasteiger partial charge in [-0.15, -0.1) is 0 Å². The Morgan fingerprint density at radius 2 is 1.56 bits per heavy atom. The maximum atomic E-state index is 12.9. The Kier molecular flexibility index (Phi) is 6.93. The van der Waals surface area contributed by atoms with Gasteiger partial charge in [-0.25, -0.2) is 14.5 Å². The zero-order chi connectivity index (χ0) is 21.1. The molecule has 1 rings (SSSR count). The first-order valence-corrected chi connectivity index (χ1v) is 8.32. The highest BCUT2D eigenvalue weighted by atomic mass is 16.6. The van der Waals surface area contributed by atoms with Gasteiger partial charge in [0.25, 0.3) is 0 Å². The molecule has 3 amide bonds. The molecule has 10 heteroatoms. The van der Waals surface area contributed by atoms with Crippen molar-refractivity contribution in [3.05, 3.63) is 0 Å². The summed E-state index contributed by atoms with van der Waals surface area (Å²) in [6.45, 7) is 6.20. The summed E-state index contributed by atoms with van der Waals surface area (Å²) in [5, 5.41) is 0. The number of rotatable bonds is 5. The van der Waals surface area contributed by atoms with Crippen molar-refractivity contribution >= 4 is 29.8 Å². The first kappa shape index (κ1) is 22.4. The number of carbonyl (C=O) groups is 5. The van der Waals surface area contributed by atoms with Gasteiger partial charge in [0.1, 0.15) is 5.60 Å². The van der Waals surface area contributed by atoms with Gasteiger partial charge in [0, 0.05) is 7.05 Å². The van der Waals surface area contributed by atoms with Gasteiger partial charge in [-0.05, 0) is 20.8 Å². The van der Waals surface area contributed by atoms with Crippen LogP contribution in [0.2, 0.25) is 0 Å². The SMILES string of the molecule is COC(=O)C(C(=O)OC)[C@@H](C)C(=O)N1C(=O)N(C)C[C@H]1C(=O)OC(C)(C)C. The molecular formula is C17H26N2O8. The lowest BCUT2D eigenvalue weighted by molar-refractivity contribution is -0.166. The van der Waals surface area contributed by atoms with Crippen LogP contribution in [0.15, 0.2) is 0 Å². The molecule has 0 aromatic heterocycles. The molecule has 27 heavy (non-hydrogen) atoms. The third kappa shape index (κ3) is 4.95. The molecule has 0 radical (unpaired) electrons. The minimum atomic E-state index is -1.56. The molecule has 0 bridgehead atoms. The molecule has 152 valence electrons. The van der Waals surface area contributed by atoms with Crippen molar-refractivity contribution in [2.75, 3.05) is 27.8 Å². The van der Waals surface area contributed by atoms with Crippen LogP contribution in [0.25, 0.3) is 0 Å². The third-order valence-corrected chi connectivity index (χ3v) is 4.01. The topological polar surface area (TPSA) is 120 Å². The molecule has 0 unspecified atom stereocenters. The van der Waals surface area contributed by atoms with E-state index in [1.807, 2.05) is 0 Å². The predicted molar refractivity (Wildman–Crippen MR) is 91.2 cm³/mol. The van der Waals surface area contributed by atoms with Gasteiger partial charge >= 0.3 is 23.9 Å². The number of carbonyl (C=O) groups excluding carboxylic acids is 5. The van der Waals surface area contributed by atoms with Crippen LogP contribution < -0.4 is 0 Å². The first-order valence-electron chi connectivity index (χ1n) is 8.32. The molecule has 0 N–H and O–H groups in total. The molecule has 1 fully saturated rings. The fourth-order valence-electron chi connectivity index (χ4n) is 2.65. The number of urea groups is 1. The second kappa shape index (κ2) is 8.36. The Morgan fingerprint density at radius 1 is 1.07 bits per heavy atom. The van der Waals surface area contributed by atoms with E-state index in [-0.39, 0.29) is 6.54 Å². The van der Waals surface area contributed by atoms with Crippen LogP contribution in [0.4, 0.5) is 4.79 Å². The Labute approximate surface area is 157 Å². The summed E-state index contributed by atoms with van der Waals surface area (Å²) in [6.07, 6.45) is 0. The minimum absolute atomic E-state index is 0.0622. The molecular weight excluding hydrogens is 360 g/mol. The molecule has 0 aromatic carbocycles. The molecule has 1 aliphatic heterocycles. The number of hydrogen-bond donors (Lipinski definition) is 0. The number of likely N-dealkylation sites (N-methyl/N-ethyl adjacent to an activating group) is 1. The van der Waals surface area contributed by atoms with E-state index in [2.05, 4.69) is 9.47 Å². The highest BCUT2D eigenvalue weighted by molar-refractivity contribution is 6.06. The van der Waals surface area contributed by atoms with E-state index in [0.717, 1.165) is 19.1 Å². The van der Waals surface area contributed by atoms with E-state index < -0.39 is 53.3 Å². The Hall–Kier alpha value is -2.65. The Morgan fingerprint density at radius 3 is 1.96 bits per heavy atom. The Bertz CT molecular complexity index is 623. The van der Waals surface area contributed by atoms with Crippen molar-refractivity contribution in [2.45, 2.75) is 39.3 Å². The van der Waals surface area contributed by atoms with Crippen molar-refractivity contribution in [2.24, 2.45) is 11.8 Å². The highest BCUT2D eigenvalue weighted by Gasteiger charge is 2.49. The quantitative estimate of drug-likeness (QED) is 0.373. The number of imide groups is 1. The summed E-state index contributed by atoms with van der Waals surface area (Å²) >= 11 is 0. The number of ether oxygens (including phenoxy) is 3. The number of nitrogens with zero attached hydrogens (tertiary/aromatic N) is 2. The van der Waals surface area contributed by atoms with E-state index >= 15 is 0 Å². The van der Waals surface area contributed by atoms with Crippen LogP contribution in [0.1, 0.15) is 27.7 Å². The zero-order valence-corrected chi connectivity index (χ0v) is 16.6. The summed E-state index contributed by atoms with van der Waals surface area (Å²) in [7, 11) is 3.55. The lowest BCUT2D eigenvalue weighted by Crippen LogP contribution is -2.50. The van der Waals surface area contributed by atoms with Gasteiger partial charge in [-0.2, -0.15) is 0 Å². The molecule has 1 aliphatic rings. The van der Waals surface area contributed by atoms with Gasteiger partial charge in [0.15, 0.2) is 12.0 Å².